The van der Waals surface area contributed by atoms with Crippen LogP contribution in [0.15, 0.2) is 48.5 Å². The van der Waals surface area contributed by atoms with Gasteiger partial charge in [-0.1, -0.05) is 29.8 Å². The van der Waals surface area contributed by atoms with Crippen LogP contribution in [0.4, 0.5) is 17.1 Å². The zero-order valence-electron chi connectivity index (χ0n) is 10.7. The first kappa shape index (κ1) is 11.1. The largest absolute Gasteiger partial charge is 0.383 e. The summed E-state index contributed by atoms with van der Waals surface area (Å²) < 4.78 is 0. The molecule has 0 aromatic heterocycles. The fourth-order valence-electron chi connectivity index (χ4n) is 2.43. The number of hydrogen-bond donors (Lipinski definition) is 1. The predicted molar refractivity (Wildman–Crippen MR) is 77.7 cm³/mol. The predicted octanol–water partition coefficient (Wildman–Crippen LogP) is 3.95. The minimum absolute atomic E-state index is 1.04. The van der Waals surface area contributed by atoms with Gasteiger partial charge in [0, 0.05) is 18.8 Å². The lowest BCUT2D eigenvalue weighted by atomic mass is 10.2. The van der Waals surface area contributed by atoms with Crippen molar-refractivity contribution in [2.75, 3.05) is 23.3 Å². The van der Waals surface area contributed by atoms with Crippen LogP contribution in [0.1, 0.15) is 12.0 Å². The van der Waals surface area contributed by atoms with Crippen LogP contribution in [0.5, 0.6) is 0 Å². The molecule has 0 amide bonds. The summed E-state index contributed by atoms with van der Waals surface area (Å²) in [6.07, 6.45) is 1.16. The summed E-state index contributed by atoms with van der Waals surface area (Å²) in [6, 6.07) is 17.3. The second kappa shape index (κ2) is 4.73. The number of nitrogens with zero attached hydrogens (tertiary/aromatic N) is 1. The van der Waals surface area contributed by atoms with E-state index in [9.17, 15) is 0 Å². The lowest BCUT2D eigenvalue weighted by molar-refractivity contribution is 0.863. The third-order valence-electron chi connectivity index (χ3n) is 3.41. The number of rotatable bonds is 1. The molecule has 0 saturated carbocycles. The lowest BCUT2D eigenvalue weighted by Crippen LogP contribution is -2.17. The number of hydrogen-bond acceptors (Lipinski definition) is 2. The van der Waals surface area contributed by atoms with E-state index in [0.29, 0.717) is 0 Å². The van der Waals surface area contributed by atoms with Crippen molar-refractivity contribution in [3.63, 3.8) is 0 Å². The molecule has 1 aliphatic heterocycles. The first-order chi connectivity index (χ1) is 8.84. The second-order valence-electron chi connectivity index (χ2n) is 4.78. The number of benzene rings is 2. The summed E-state index contributed by atoms with van der Waals surface area (Å²) in [6.45, 7) is 4.23. The number of fused-ring (bicyclic) bond motifs is 1. The standard InChI is InChI=1S/C16H18N2/c1-13-7-9-14(10-8-13)18-12-4-11-17-15-5-2-3-6-16(15)18/h2-3,5-10,17H,4,11-12H2,1H3. The van der Waals surface area contributed by atoms with Gasteiger partial charge in [-0.2, -0.15) is 0 Å². The molecule has 0 bridgehead atoms. The zero-order chi connectivity index (χ0) is 12.4. The molecular formula is C16H18N2. The topological polar surface area (TPSA) is 15.3 Å². The van der Waals surface area contributed by atoms with Crippen molar-refractivity contribution >= 4 is 17.1 Å². The van der Waals surface area contributed by atoms with E-state index in [4.69, 9.17) is 0 Å². The minimum atomic E-state index is 1.04. The van der Waals surface area contributed by atoms with Gasteiger partial charge in [-0.15, -0.1) is 0 Å². The van der Waals surface area contributed by atoms with E-state index in [1.807, 2.05) is 0 Å². The lowest BCUT2D eigenvalue weighted by Gasteiger charge is -2.24. The quantitative estimate of drug-likeness (QED) is 0.809. The molecule has 0 unspecified atom stereocenters. The summed E-state index contributed by atoms with van der Waals surface area (Å²) in [5.74, 6) is 0. The van der Waals surface area contributed by atoms with Gasteiger partial charge in [0.2, 0.25) is 0 Å². The molecule has 92 valence electrons. The van der Waals surface area contributed by atoms with Crippen molar-refractivity contribution in [3.8, 4) is 0 Å². The summed E-state index contributed by atoms with van der Waals surface area (Å²) in [7, 11) is 0. The molecule has 2 nitrogen and oxygen atoms in total. The van der Waals surface area contributed by atoms with Crippen LogP contribution < -0.4 is 10.2 Å². The maximum absolute atomic E-state index is 3.49. The number of nitrogens with one attached hydrogen (secondary N) is 1. The molecule has 1 aliphatic rings. The molecule has 2 aromatic carbocycles. The molecule has 0 radical (unpaired) electrons. The van der Waals surface area contributed by atoms with Crippen LogP contribution in [0.25, 0.3) is 0 Å². The van der Waals surface area contributed by atoms with Crippen molar-refractivity contribution in [1.29, 1.82) is 0 Å². The Balaban J connectivity index is 2.03. The second-order valence-corrected chi connectivity index (χ2v) is 4.78. The molecule has 0 atom stereocenters. The molecule has 2 aromatic rings. The highest BCUT2D eigenvalue weighted by molar-refractivity contribution is 5.77. The molecule has 1 N–H and O–H groups in total. The van der Waals surface area contributed by atoms with E-state index >= 15 is 0 Å². The Bertz CT molecular complexity index is 531. The summed E-state index contributed by atoms with van der Waals surface area (Å²) >= 11 is 0. The first-order valence-corrected chi connectivity index (χ1v) is 6.52. The van der Waals surface area contributed by atoms with Gasteiger partial charge in [-0.05, 0) is 37.6 Å². The third kappa shape index (κ3) is 2.06. The Kier molecular flexibility index (Phi) is 2.93. The molecule has 18 heavy (non-hydrogen) atoms. The van der Waals surface area contributed by atoms with Crippen LogP contribution in [-0.4, -0.2) is 13.1 Å². The summed E-state index contributed by atoms with van der Waals surface area (Å²) in [5.41, 5.74) is 5.09. The molecule has 3 rings (SSSR count). The monoisotopic (exact) mass is 238 g/mol. The third-order valence-corrected chi connectivity index (χ3v) is 3.41. The van der Waals surface area contributed by atoms with Crippen LogP contribution in [0, 0.1) is 6.92 Å². The molecular weight excluding hydrogens is 220 g/mol. The van der Waals surface area contributed by atoms with Gasteiger partial charge in [0.15, 0.2) is 0 Å². The Labute approximate surface area is 108 Å². The fraction of sp³-hybridized carbons (Fsp3) is 0.250. The zero-order valence-corrected chi connectivity index (χ0v) is 10.7. The minimum Gasteiger partial charge on any atom is -0.383 e. The van der Waals surface area contributed by atoms with Crippen molar-refractivity contribution in [2.45, 2.75) is 13.3 Å². The van der Waals surface area contributed by atoms with Crippen molar-refractivity contribution in [2.24, 2.45) is 0 Å². The summed E-state index contributed by atoms with van der Waals surface area (Å²) in [4.78, 5) is 2.40. The van der Waals surface area contributed by atoms with Crippen LogP contribution in [0.3, 0.4) is 0 Å². The SMILES string of the molecule is Cc1ccc(N2CCCNc3ccccc32)cc1. The summed E-state index contributed by atoms with van der Waals surface area (Å²) in [5, 5.41) is 3.49. The van der Waals surface area contributed by atoms with Gasteiger partial charge in [-0.3, -0.25) is 0 Å². The van der Waals surface area contributed by atoms with Crippen molar-refractivity contribution < 1.29 is 0 Å². The van der Waals surface area contributed by atoms with Crippen LogP contribution in [0.2, 0.25) is 0 Å². The van der Waals surface area contributed by atoms with Gasteiger partial charge in [0.25, 0.3) is 0 Å². The highest BCUT2D eigenvalue weighted by Crippen LogP contribution is 2.33. The van der Waals surface area contributed by atoms with Gasteiger partial charge in [-0.25, -0.2) is 0 Å². The van der Waals surface area contributed by atoms with Gasteiger partial charge in [0.1, 0.15) is 0 Å². The van der Waals surface area contributed by atoms with E-state index in [2.05, 4.69) is 65.7 Å². The van der Waals surface area contributed by atoms with E-state index < -0.39 is 0 Å². The number of aryl methyl sites for hydroxylation is 1. The molecule has 0 aliphatic carbocycles. The number of anilines is 3. The molecule has 0 fully saturated rings. The van der Waals surface area contributed by atoms with E-state index in [1.165, 1.54) is 22.6 Å². The highest BCUT2D eigenvalue weighted by Gasteiger charge is 2.15. The average Bonchev–Trinajstić information content (AvgIpc) is 2.62. The van der Waals surface area contributed by atoms with Crippen LogP contribution in [-0.2, 0) is 0 Å². The first-order valence-electron chi connectivity index (χ1n) is 6.52. The molecule has 2 heteroatoms. The smallest absolute Gasteiger partial charge is 0.0646 e. The van der Waals surface area contributed by atoms with Crippen molar-refractivity contribution in [1.82, 2.24) is 0 Å². The Morgan fingerprint density at radius 2 is 1.78 bits per heavy atom. The Morgan fingerprint density at radius 3 is 2.61 bits per heavy atom. The molecule has 0 saturated heterocycles. The maximum atomic E-state index is 3.49. The van der Waals surface area contributed by atoms with E-state index in [1.54, 1.807) is 0 Å². The molecule has 0 spiro atoms. The van der Waals surface area contributed by atoms with Crippen LogP contribution >= 0.6 is 0 Å². The van der Waals surface area contributed by atoms with Gasteiger partial charge >= 0.3 is 0 Å². The van der Waals surface area contributed by atoms with Crippen molar-refractivity contribution in [3.05, 3.63) is 54.1 Å². The van der Waals surface area contributed by atoms with E-state index in [0.717, 1.165) is 19.5 Å². The fourth-order valence-corrected chi connectivity index (χ4v) is 2.43. The Morgan fingerprint density at radius 1 is 1.00 bits per heavy atom. The van der Waals surface area contributed by atoms with Gasteiger partial charge in [0.05, 0.1) is 11.4 Å². The van der Waals surface area contributed by atoms with Gasteiger partial charge < -0.3 is 10.2 Å². The normalized spacial score (nSPS) is 14.6. The van der Waals surface area contributed by atoms with E-state index in [-0.39, 0.29) is 0 Å². The highest BCUT2D eigenvalue weighted by atomic mass is 15.2. The molecule has 1 heterocycles. The maximum Gasteiger partial charge on any atom is 0.0646 e. The Hall–Kier alpha value is -1.96. The average molecular weight is 238 g/mol. The number of para-hydroxylation sites is 2.